The van der Waals surface area contributed by atoms with Gasteiger partial charge < -0.3 is 4.74 Å². The fourth-order valence-electron chi connectivity index (χ4n) is 1.16. The number of rotatable bonds is 5. The Balaban J connectivity index is 2.73. The van der Waals surface area contributed by atoms with E-state index < -0.39 is 0 Å². The van der Waals surface area contributed by atoms with Gasteiger partial charge in [0.1, 0.15) is 5.75 Å². The van der Waals surface area contributed by atoms with Gasteiger partial charge in [0.2, 0.25) is 6.29 Å². The van der Waals surface area contributed by atoms with Crippen molar-refractivity contribution in [2.24, 2.45) is 0 Å². The van der Waals surface area contributed by atoms with Gasteiger partial charge in [0.25, 0.3) is 0 Å². The monoisotopic (exact) mass is 191 g/mol. The normalized spacial score (nSPS) is 12.1. The van der Waals surface area contributed by atoms with Gasteiger partial charge in [0.05, 0.1) is 6.61 Å². The molecule has 0 aromatic heterocycles. The van der Waals surface area contributed by atoms with Crippen LogP contribution in [-0.4, -0.2) is 12.9 Å². The van der Waals surface area contributed by atoms with Crippen LogP contribution in [0.1, 0.15) is 31.7 Å². The van der Waals surface area contributed by atoms with Gasteiger partial charge in [0, 0.05) is 5.92 Å². The summed E-state index contributed by atoms with van der Waals surface area (Å²) in [5, 5.41) is 0. The molecule has 0 bridgehead atoms. The van der Waals surface area contributed by atoms with Crippen LogP contribution < -0.4 is 4.74 Å². The first kappa shape index (κ1) is 10.8. The zero-order valence-electron chi connectivity index (χ0n) is 8.62. The van der Waals surface area contributed by atoms with Crippen molar-refractivity contribution in [2.45, 2.75) is 26.2 Å². The first-order chi connectivity index (χ1) is 6.77. The van der Waals surface area contributed by atoms with Gasteiger partial charge in [-0.05, 0) is 24.1 Å². The smallest absolute Gasteiger partial charge is 0.206 e. The Morgan fingerprint density at radius 1 is 1.50 bits per heavy atom. The molecule has 1 aromatic rings. The fourth-order valence-corrected chi connectivity index (χ4v) is 1.16. The number of ether oxygens (including phenoxy) is 1. The molecule has 2 heteroatoms. The molecule has 0 saturated heterocycles. The molecule has 1 aromatic carbocycles. The summed E-state index contributed by atoms with van der Waals surface area (Å²) in [7, 11) is 0. The molecule has 14 heavy (non-hydrogen) atoms. The molecule has 75 valence electrons. The third-order valence-corrected chi connectivity index (χ3v) is 2.01. The second-order valence-electron chi connectivity index (χ2n) is 3.26. The van der Waals surface area contributed by atoms with Crippen molar-refractivity contribution in [1.29, 1.82) is 0 Å². The molecule has 0 aliphatic rings. The van der Waals surface area contributed by atoms with Crippen LogP contribution in [0, 0.1) is 0 Å². The predicted molar refractivity (Wildman–Crippen MR) is 56.3 cm³/mol. The Hall–Kier alpha value is -1.31. The number of hydrogen-bond donors (Lipinski definition) is 0. The van der Waals surface area contributed by atoms with Crippen molar-refractivity contribution in [1.82, 2.24) is 0 Å². The lowest BCUT2D eigenvalue weighted by atomic mass is 10.0. The third-order valence-electron chi connectivity index (χ3n) is 2.01. The van der Waals surface area contributed by atoms with E-state index in [9.17, 15) is 4.79 Å². The lowest BCUT2D eigenvalue weighted by molar-refractivity contribution is 0.317. The topological polar surface area (TPSA) is 26.3 Å². The summed E-state index contributed by atoms with van der Waals surface area (Å²) in [5.41, 5.74) is 0.952. The first-order valence-electron chi connectivity index (χ1n) is 4.88. The van der Waals surface area contributed by atoms with E-state index in [-0.39, 0.29) is 5.92 Å². The Morgan fingerprint density at radius 3 is 2.93 bits per heavy atom. The second kappa shape index (κ2) is 5.43. The highest BCUT2D eigenvalue weighted by Crippen LogP contribution is 2.19. The molecular weight excluding hydrogens is 176 g/mol. The summed E-state index contributed by atoms with van der Waals surface area (Å²) >= 11 is 0. The highest BCUT2D eigenvalue weighted by atomic mass is 16.5. The van der Waals surface area contributed by atoms with Crippen molar-refractivity contribution in [2.75, 3.05) is 6.61 Å². The average molecular weight is 191 g/mol. The molecule has 0 aliphatic heterocycles. The summed E-state index contributed by atoms with van der Waals surface area (Å²) in [4.78, 5) is 10.5. The largest absolute Gasteiger partial charge is 0.494 e. The van der Waals surface area contributed by atoms with E-state index in [0.717, 1.165) is 17.7 Å². The van der Waals surface area contributed by atoms with Crippen molar-refractivity contribution < 1.29 is 9.53 Å². The minimum absolute atomic E-state index is 0.180. The molecule has 1 atom stereocenters. The molecule has 0 N–H and O–H groups in total. The summed E-state index contributed by atoms with van der Waals surface area (Å²) in [6.45, 7) is 4.60. The summed E-state index contributed by atoms with van der Waals surface area (Å²) in [6.07, 6.45) is 2.94. The Morgan fingerprint density at radius 2 is 2.29 bits per heavy atom. The van der Waals surface area contributed by atoms with Crippen LogP contribution in [0.5, 0.6) is 5.75 Å². The fraction of sp³-hybridized carbons (Fsp3) is 0.417. The maximum absolute atomic E-state index is 10.5. The Kier molecular flexibility index (Phi) is 4.17. The number of carbonyl (C=O) groups excluding carboxylic acids is 1. The zero-order chi connectivity index (χ0) is 10.4. The van der Waals surface area contributed by atoms with E-state index in [0.29, 0.717) is 6.61 Å². The van der Waals surface area contributed by atoms with Crippen LogP contribution in [-0.2, 0) is 4.79 Å². The van der Waals surface area contributed by atoms with Gasteiger partial charge >= 0.3 is 0 Å². The summed E-state index contributed by atoms with van der Waals surface area (Å²) in [6, 6.07) is 7.60. The minimum atomic E-state index is -0.180. The summed E-state index contributed by atoms with van der Waals surface area (Å²) < 4.78 is 5.46. The maximum Gasteiger partial charge on any atom is 0.206 e. The highest BCUT2D eigenvalue weighted by molar-refractivity contribution is 5.62. The minimum Gasteiger partial charge on any atom is -0.494 e. The molecular formula is C12H15O2. The van der Waals surface area contributed by atoms with Gasteiger partial charge in [-0.3, -0.25) is 4.79 Å². The predicted octanol–water partition coefficient (Wildman–Crippen LogP) is 2.69. The van der Waals surface area contributed by atoms with Gasteiger partial charge in [-0.25, -0.2) is 0 Å². The number of benzene rings is 1. The van der Waals surface area contributed by atoms with Gasteiger partial charge in [0.15, 0.2) is 0 Å². The van der Waals surface area contributed by atoms with E-state index in [1.807, 2.05) is 37.5 Å². The van der Waals surface area contributed by atoms with Crippen LogP contribution in [0.4, 0.5) is 0 Å². The molecule has 0 aliphatic carbocycles. The van der Waals surface area contributed by atoms with E-state index in [1.165, 1.54) is 0 Å². The Labute approximate surface area is 84.9 Å². The zero-order valence-corrected chi connectivity index (χ0v) is 8.62. The second-order valence-corrected chi connectivity index (χ2v) is 3.26. The average Bonchev–Trinajstić information content (AvgIpc) is 2.25. The lowest BCUT2D eigenvalue weighted by Gasteiger charge is -2.07. The summed E-state index contributed by atoms with van der Waals surface area (Å²) in [5.74, 6) is 0.645. The van der Waals surface area contributed by atoms with Crippen LogP contribution in [0.3, 0.4) is 0 Å². The van der Waals surface area contributed by atoms with Crippen LogP contribution in [0.2, 0.25) is 0 Å². The van der Waals surface area contributed by atoms with Crippen molar-refractivity contribution in [3.63, 3.8) is 0 Å². The van der Waals surface area contributed by atoms with E-state index in [4.69, 9.17) is 4.74 Å². The molecule has 1 radical (unpaired) electrons. The lowest BCUT2D eigenvalue weighted by Crippen LogP contribution is -1.98. The van der Waals surface area contributed by atoms with Crippen LogP contribution in [0.15, 0.2) is 24.3 Å². The van der Waals surface area contributed by atoms with Crippen molar-refractivity contribution in [3.8, 4) is 5.75 Å². The highest BCUT2D eigenvalue weighted by Gasteiger charge is 2.05. The van der Waals surface area contributed by atoms with Crippen molar-refractivity contribution >= 4 is 6.29 Å². The maximum atomic E-state index is 10.5. The number of hydrogen-bond acceptors (Lipinski definition) is 2. The molecule has 0 saturated carbocycles. The van der Waals surface area contributed by atoms with E-state index >= 15 is 0 Å². The van der Waals surface area contributed by atoms with Gasteiger partial charge in [-0.2, -0.15) is 0 Å². The SMILES string of the molecule is CCCOc1cccc(C(C)[C]=O)c1. The van der Waals surface area contributed by atoms with Gasteiger partial charge in [-0.1, -0.05) is 26.0 Å². The first-order valence-corrected chi connectivity index (χ1v) is 4.88. The van der Waals surface area contributed by atoms with Crippen LogP contribution >= 0.6 is 0 Å². The molecule has 2 nitrogen and oxygen atoms in total. The molecule has 0 amide bonds. The quantitative estimate of drug-likeness (QED) is 0.715. The molecule has 1 unspecified atom stereocenters. The van der Waals surface area contributed by atoms with Crippen LogP contribution in [0.25, 0.3) is 0 Å². The molecule has 1 rings (SSSR count). The third kappa shape index (κ3) is 2.87. The molecule has 0 fully saturated rings. The Bertz CT molecular complexity index is 294. The standard InChI is InChI=1S/C12H15O2/c1-3-7-14-12-6-4-5-11(8-12)10(2)9-13/h4-6,8,10H,3,7H2,1-2H3. The van der Waals surface area contributed by atoms with E-state index in [1.54, 1.807) is 0 Å². The van der Waals surface area contributed by atoms with Gasteiger partial charge in [-0.15, -0.1) is 0 Å². The van der Waals surface area contributed by atoms with Crippen molar-refractivity contribution in [3.05, 3.63) is 29.8 Å². The van der Waals surface area contributed by atoms with E-state index in [2.05, 4.69) is 6.92 Å². The molecule has 0 heterocycles. The molecule has 0 spiro atoms.